The third-order valence-corrected chi connectivity index (χ3v) is 4.68. The second-order valence-corrected chi connectivity index (χ2v) is 6.54. The van der Waals surface area contributed by atoms with Crippen LogP contribution in [0.1, 0.15) is 23.7 Å². The van der Waals surface area contributed by atoms with Crippen molar-refractivity contribution in [3.8, 4) is 5.75 Å². The molecule has 1 fully saturated rings. The van der Waals surface area contributed by atoms with Crippen LogP contribution in [-0.4, -0.2) is 37.3 Å². The highest BCUT2D eigenvalue weighted by Crippen LogP contribution is 2.23. The van der Waals surface area contributed by atoms with Crippen LogP contribution in [-0.2, 0) is 9.84 Å². The summed E-state index contributed by atoms with van der Waals surface area (Å²) < 4.78 is 28.0. The smallest absolute Gasteiger partial charge is 0.168 e. The van der Waals surface area contributed by atoms with E-state index in [2.05, 4.69) is 4.98 Å². The molecule has 0 saturated carbocycles. The Bertz CT molecular complexity index is 553. The van der Waals surface area contributed by atoms with Gasteiger partial charge in [0.25, 0.3) is 0 Å². The van der Waals surface area contributed by atoms with Crippen molar-refractivity contribution in [1.29, 1.82) is 0 Å². The molecular weight excluding hydrogens is 254 g/mol. The number of aromatic nitrogens is 1. The van der Waals surface area contributed by atoms with Crippen molar-refractivity contribution in [3.63, 3.8) is 0 Å². The number of sulfone groups is 1. The third-order valence-electron chi connectivity index (χ3n) is 2.91. The predicted octanol–water partition coefficient (Wildman–Crippen LogP) is 1.10. The van der Waals surface area contributed by atoms with Gasteiger partial charge in [-0.3, -0.25) is 9.78 Å². The number of ketones is 1. The van der Waals surface area contributed by atoms with Crippen LogP contribution in [0.4, 0.5) is 0 Å². The van der Waals surface area contributed by atoms with Gasteiger partial charge in [0.2, 0.25) is 0 Å². The second-order valence-electron chi connectivity index (χ2n) is 4.31. The van der Waals surface area contributed by atoms with E-state index < -0.39 is 15.8 Å². The highest BCUT2D eigenvalue weighted by atomic mass is 32.2. The number of rotatable bonds is 4. The van der Waals surface area contributed by atoms with E-state index in [0.717, 1.165) is 0 Å². The maximum absolute atomic E-state index is 12.1. The van der Waals surface area contributed by atoms with E-state index >= 15 is 0 Å². The number of nitrogens with zero attached hydrogens (tertiary/aromatic N) is 1. The zero-order chi connectivity index (χ0) is 13.2. The maximum atomic E-state index is 12.1. The summed E-state index contributed by atoms with van der Waals surface area (Å²) in [4.78, 5) is 16.1. The Labute approximate surface area is 106 Å². The molecule has 1 saturated heterocycles. The van der Waals surface area contributed by atoms with Gasteiger partial charge in [0.1, 0.15) is 5.75 Å². The van der Waals surface area contributed by atoms with Gasteiger partial charge in [0.05, 0.1) is 24.3 Å². The number of hydrogen-bond acceptors (Lipinski definition) is 5. The van der Waals surface area contributed by atoms with Crippen LogP contribution in [0.25, 0.3) is 0 Å². The van der Waals surface area contributed by atoms with Gasteiger partial charge in [-0.15, -0.1) is 0 Å². The monoisotopic (exact) mass is 269 g/mol. The van der Waals surface area contributed by atoms with E-state index in [1.54, 1.807) is 6.07 Å². The van der Waals surface area contributed by atoms with Crippen molar-refractivity contribution >= 4 is 15.6 Å². The van der Waals surface area contributed by atoms with Crippen LogP contribution in [0.15, 0.2) is 18.5 Å². The summed E-state index contributed by atoms with van der Waals surface area (Å²) in [6.07, 6.45) is 3.39. The Morgan fingerprint density at radius 1 is 1.50 bits per heavy atom. The standard InChI is InChI=1S/C12H15NO4S/c1-2-17-11-5-10(6-13-7-11)12(14)9-3-4-18(15,16)8-9/h5-7,9H,2-4,8H2,1H3. The molecule has 98 valence electrons. The number of Topliss-reactive ketones (excluding diaryl/α,β-unsaturated/α-hetero) is 1. The summed E-state index contributed by atoms with van der Waals surface area (Å²) >= 11 is 0. The molecule has 1 aliphatic heterocycles. The molecule has 0 amide bonds. The summed E-state index contributed by atoms with van der Waals surface area (Å²) in [6.45, 7) is 2.34. The first-order valence-electron chi connectivity index (χ1n) is 5.84. The van der Waals surface area contributed by atoms with Crippen molar-refractivity contribution in [2.75, 3.05) is 18.1 Å². The predicted molar refractivity (Wildman–Crippen MR) is 66.5 cm³/mol. The molecule has 1 aromatic heterocycles. The fourth-order valence-electron chi connectivity index (χ4n) is 2.04. The lowest BCUT2D eigenvalue weighted by molar-refractivity contribution is 0.0932. The Kier molecular flexibility index (Phi) is 3.65. The Morgan fingerprint density at radius 2 is 2.28 bits per heavy atom. The lowest BCUT2D eigenvalue weighted by atomic mass is 9.98. The quantitative estimate of drug-likeness (QED) is 0.765. The molecule has 1 unspecified atom stereocenters. The molecular formula is C12H15NO4S. The minimum atomic E-state index is -3.04. The largest absolute Gasteiger partial charge is 0.492 e. The van der Waals surface area contributed by atoms with Crippen LogP contribution in [0.3, 0.4) is 0 Å². The van der Waals surface area contributed by atoms with Crippen LogP contribution in [0, 0.1) is 5.92 Å². The van der Waals surface area contributed by atoms with Crippen LogP contribution < -0.4 is 4.74 Å². The molecule has 5 nitrogen and oxygen atoms in total. The Balaban J connectivity index is 2.16. The molecule has 0 radical (unpaired) electrons. The Hall–Kier alpha value is -1.43. The van der Waals surface area contributed by atoms with Gasteiger partial charge in [-0.05, 0) is 19.4 Å². The zero-order valence-corrected chi connectivity index (χ0v) is 10.9. The summed E-state index contributed by atoms with van der Waals surface area (Å²) in [5.41, 5.74) is 0.419. The van der Waals surface area contributed by atoms with Crippen molar-refractivity contribution < 1.29 is 17.9 Å². The molecule has 0 aromatic carbocycles. The molecule has 1 atom stereocenters. The van der Waals surface area contributed by atoms with Gasteiger partial charge >= 0.3 is 0 Å². The lowest BCUT2D eigenvalue weighted by Gasteiger charge is -2.08. The topological polar surface area (TPSA) is 73.3 Å². The van der Waals surface area contributed by atoms with Gasteiger partial charge in [0, 0.05) is 17.7 Å². The summed E-state index contributed by atoms with van der Waals surface area (Å²) in [7, 11) is -3.04. The van der Waals surface area contributed by atoms with E-state index in [1.807, 2.05) is 6.92 Å². The molecule has 18 heavy (non-hydrogen) atoms. The number of ether oxygens (including phenoxy) is 1. The van der Waals surface area contributed by atoms with Gasteiger partial charge in [0.15, 0.2) is 15.6 Å². The van der Waals surface area contributed by atoms with E-state index in [4.69, 9.17) is 4.74 Å². The van der Waals surface area contributed by atoms with Gasteiger partial charge in [-0.2, -0.15) is 0 Å². The highest BCUT2D eigenvalue weighted by Gasteiger charge is 2.33. The van der Waals surface area contributed by atoms with Crippen LogP contribution >= 0.6 is 0 Å². The first-order chi connectivity index (χ1) is 8.52. The van der Waals surface area contributed by atoms with Crippen molar-refractivity contribution in [2.24, 2.45) is 5.92 Å². The fourth-order valence-corrected chi connectivity index (χ4v) is 3.78. The number of carbonyl (C=O) groups is 1. The van der Waals surface area contributed by atoms with E-state index in [-0.39, 0.29) is 17.3 Å². The van der Waals surface area contributed by atoms with Crippen molar-refractivity contribution in [3.05, 3.63) is 24.0 Å². The molecule has 1 aromatic rings. The third kappa shape index (κ3) is 2.87. The van der Waals surface area contributed by atoms with Gasteiger partial charge in [-0.25, -0.2) is 8.42 Å². The molecule has 0 N–H and O–H groups in total. The normalized spacial score (nSPS) is 21.7. The van der Waals surface area contributed by atoms with Gasteiger partial charge in [-0.1, -0.05) is 0 Å². The maximum Gasteiger partial charge on any atom is 0.168 e. The molecule has 6 heteroatoms. The molecule has 1 aliphatic rings. The van der Waals surface area contributed by atoms with Crippen LogP contribution in [0.5, 0.6) is 5.75 Å². The average Bonchev–Trinajstić information content (AvgIpc) is 2.70. The molecule has 2 rings (SSSR count). The number of carbonyl (C=O) groups excluding carboxylic acids is 1. The minimum absolute atomic E-state index is 0.0509. The van der Waals surface area contributed by atoms with E-state index in [9.17, 15) is 13.2 Å². The minimum Gasteiger partial charge on any atom is -0.492 e. The van der Waals surface area contributed by atoms with Gasteiger partial charge < -0.3 is 4.74 Å². The second kappa shape index (κ2) is 5.06. The first kappa shape index (κ1) is 13.0. The molecule has 0 spiro atoms. The van der Waals surface area contributed by atoms with E-state index in [1.165, 1.54) is 12.4 Å². The summed E-state index contributed by atoms with van der Waals surface area (Å²) in [6, 6.07) is 1.61. The molecule has 2 heterocycles. The molecule has 0 aliphatic carbocycles. The van der Waals surface area contributed by atoms with Crippen LogP contribution in [0.2, 0.25) is 0 Å². The lowest BCUT2D eigenvalue weighted by Crippen LogP contribution is -2.16. The molecule has 0 bridgehead atoms. The SMILES string of the molecule is CCOc1cncc(C(=O)C2CCS(=O)(=O)C2)c1. The highest BCUT2D eigenvalue weighted by molar-refractivity contribution is 7.91. The summed E-state index contributed by atoms with van der Waals surface area (Å²) in [5.74, 6) is -0.0184. The summed E-state index contributed by atoms with van der Waals surface area (Å²) in [5, 5.41) is 0. The number of pyridine rings is 1. The average molecular weight is 269 g/mol. The zero-order valence-electron chi connectivity index (χ0n) is 10.1. The fraction of sp³-hybridized carbons (Fsp3) is 0.500. The Morgan fingerprint density at radius 3 is 2.89 bits per heavy atom. The van der Waals surface area contributed by atoms with E-state index in [0.29, 0.717) is 24.3 Å². The first-order valence-corrected chi connectivity index (χ1v) is 7.66. The van der Waals surface area contributed by atoms with Crippen molar-refractivity contribution in [2.45, 2.75) is 13.3 Å². The number of hydrogen-bond donors (Lipinski definition) is 0. The van der Waals surface area contributed by atoms with Crippen molar-refractivity contribution in [1.82, 2.24) is 4.98 Å².